The first kappa shape index (κ1) is 12.2. The quantitative estimate of drug-likeness (QED) is 0.891. The number of rotatable bonds is 3. The Balaban J connectivity index is 1.78. The monoisotopic (exact) mass is 264 g/mol. The van der Waals surface area contributed by atoms with E-state index < -0.39 is 11.6 Å². The second-order valence-electron chi connectivity index (χ2n) is 4.68. The molecule has 100 valence electrons. The molecule has 1 unspecified atom stereocenters. The second kappa shape index (κ2) is 5.05. The van der Waals surface area contributed by atoms with E-state index in [1.165, 1.54) is 12.6 Å². The van der Waals surface area contributed by atoms with Crippen molar-refractivity contribution in [2.45, 2.75) is 18.9 Å². The molecular formula is C13H14F2N4. The van der Waals surface area contributed by atoms with Crippen LogP contribution in [0.25, 0.3) is 11.0 Å². The predicted molar refractivity (Wildman–Crippen MR) is 69.0 cm³/mol. The molecule has 1 aromatic heterocycles. The van der Waals surface area contributed by atoms with Crippen molar-refractivity contribution < 1.29 is 8.78 Å². The highest BCUT2D eigenvalue weighted by atomic mass is 19.2. The number of anilines is 1. The number of halogens is 2. The molecule has 4 nitrogen and oxygen atoms in total. The van der Waals surface area contributed by atoms with Gasteiger partial charge in [0.1, 0.15) is 5.82 Å². The van der Waals surface area contributed by atoms with Crippen LogP contribution in [0.5, 0.6) is 0 Å². The number of fused-ring (bicyclic) bond motifs is 1. The summed E-state index contributed by atoms with van der Waals surface area (Å²) < 4.78 is 26.2. The Kier molecular flexibility index (Phi) is 3.25. The zero-order chi connectivity index (χ0) is 13.2. The number of benzene rings is 1. The van der Waals surface area contributed by atoms with Crippen LogP contribution < -0.4 is 10.6 Å². The van der Waals surface area contributed by atoms with Gasteiger partial charge in [0.2, 0.25) is 0 Å². The van der Waals surface area contributed by atoms with Gasteiger partial charge < -0.3 is 10.6 Å². The molecule has 0 bridgehead atoms. The standard InChI is InChI=1S/C13H14F2N4/c14-9-4-11-12(5-10(9)15)19-13(7-17-11)18-6-8-2-1-3-16-8/h4-5,7-8,16H,1-3,6H2,(H,18,19). The van der Waals surface area contributed by atoms with Crippen molar-refractivity contribution in [3.8, 4) is 0 Å². The molecule has 1 fully saturated rings. The fraction of sp³-hybridized carbons (Fsp3) is 0.385. The van der Waals surface area contributed by atoms with E-state index in [1.807, 2.05) is 0 Å². The van der Waals surface area contributed by atoms with Gasteiger partial charge in [-0.3, -0.25) is 4.98 Å². The zero-order valence-corrected chi connectivity index (χ0v) is 10.3. The minimum atomic E-state index is -0.906. The third-order valence-electron chi connectivity index (χ3n) is 3.28. The van der Waals surface area contributed by atoms with Crippen LogP contribution in [-0.4, -0.2) is 29.1 Å². The average molecular weight is 264 g/mol. The van der Waals surface area contributed by atoms with Gasteiger partial charge in [0.25, 0.3) is 0 Å². The van der Waals surface area contributed by atoms with Gasteiger partial charge in [0.15, 0.2) is 11.6 Å². The lowest BCUT2D eigenvalue weighted by Crippen LogP contribution is -2.29. The molecule has 2 aromatic rings. The number of nitrogens with zero attached hydrogens (tertiary/aromatic N) is 2. The molecule has 3 rings (SSSR count). The van der Waals surface area contributed by atoms with Crippen molar-refractivity contribution in [3.05, 3.63) is 30.0 Å². The van der Waals surface area contributed by atoms with Crippen LogP contribution in [-0.2, 0) is 0 Å². The Labute approximate surface area is 109 Å². The fourth-order valence-electron chi connectivity index (χ4n) is 2.25. The van der Waals surface area contributed by atoms with E-state index in [-0.39, 0.29) is 0 Å². The lowest BCUT2D eigenvalue weighted by molar-refractivity contribution is 0.510. The first-order valence-corrected chi connectivity index (χ1v) is 6.31. The van der Waals surface area contributed by atoms with E-state index in [0.717, 1.165) is 31.6 Å². The normalized spacial score (nSPS) is 18.9. The fourth-order valence-corrected chi connectivity index (χ4v) is 2.25. The van der Waals surface area contributed by atoms with E-state index >= 15 is 0 Å². The van der Waals surface area contributed by atoms with Gasteiger partial charge in [0.05, 0.1) is 17.2 Å². The molecule has 0 amide bonds. The molecule has 1 aliphatic heterocycles. The van der Waals surface area contributed by atoms with Crippen molar-refractivity contribution in [2.24, 2.45) is 0 Å². The van der Waals surface area contributed by atoms with Crippen LogP contribution in [0.4, 0.5) is 14.6 Å². The minimum absolute atomic E-state index is 0.350. The van der Waals surface area contributed by atoms with Gasteiger partial charge in [-0.2, -0.15) is 0 Å². The summed E-state index contributed by atoms with van der Waals surface area (Å²) in [5.41, 5.74) is 0.701. The van der Waals surface area contributed by atoms with Gasteiger partial charge in [0, 0.05) is 24.7 Å². The maximum atomic E-state index is 13.1. The van der Waals surface area contributed by atoms with Crippen molar-refractivity contribution in [3.63, 3.8) is 0 Å². The number of aromatic nitrogens is 2. The van der Waals surface area contributed by atoms with Crippen molar-refractivity contribution >= 4 is 16.9 Å². The Morgan fingerprint density at radius 3 is 2.79 bits per heavy atom. The van der Waals surface area contributed by atoms with Gasteiger partial charge in [-0.15, -0.1) is 0 Å². The first-order valence-electron chi connectivity index (χ1n) is 6.31. The van der Waals surface area contributed by atoms with Crippen LogP contribution in [0.2, 0.25) is 0 Å². The summed E-state index contributed by atoms with van der Waals surface area (Å²) >= 11 is 0. The Morgan fingerprint density at radius 2 is 2.05 bits per heavy atom. The highest BCUT2D eigenvalue weighted by Gasteiger charge is 2.13. The molecule has 1 aliphatic rings. The van der Waals surface area contributed by atoms with E-state index in [9.17, 15) is 8.78 Å². The minimum Gasteiger partial charge on any atom is -0.367 e. The summed E-state index contributed by atoms with van der Waals surface area (Å²) in [6.45, 7) is 1.80. The lowest BCUT2D eigenvalue weighted by Gasteiger charge is -2.12. The number of nitrogens with one attached hydrogen (secondary N) is 2. The summed E-state index contributed by atoms with van der Waals surface area (Å²) in [5.74, 6) is -1.23. The van der Waals surface area contributed by atoms with Gasteiger partial charge in [-0.25, -0.2) is 13.8 Å². The molecule has 0 spiro atoms. The molecule has 6 heteroatoms. The molecule has 2 N–H and O–H groups in total. The van der Waals surface area contributed by atoms with Gasteiger partial charge in [-0.05, 0) is 19.4 Å². The van der Waals surface area contributed by atoms with Crippen LogP contribution in [0.3, 0.4) is 0 Å². The van der Waals surface area contributed by atoms with E-state index in [0.29, 0.717) is 22.9 Å². The number of hydrogen-bond acceptors (Lipinski definition) is 4. The van der Waals surface area contributed by atoms with Gasteiger partial charge in [-0.1, -0.05) is 0 Å². The maximum absolute atomic E-state index is 13.1. The molecule has 1 atom stereocenters. The third kappa shape index (κ3) is 2.63. The zero-order valence-electron chi connectivity index (χ0n) is 10.3. The molecule has 1 aromatic carbocycles. The topological polar surface area (TPSA) is 49.8 Å². The lowest BCUT2D eigenvalue weighted by atomic mass is 10.2. The Bertz CT molecular complexity index is 596. The summed E-state index contributed by atoms with van der Waals surface area (Å²) in [6, 6.07) is 2.55. The highest BCUT2D eigenvalue weighted by Crippen LogP contribution is 2.16. The van der Waals surface area contributed by atoms with Crippen LogP contribution in [0.1, 0.15) is 12.8 Å². The molecule has 2 heterocycles. The Morgan fingerprint density at radius 1 is 1.26 bits per heavy atom. The van der Waals surface area contributed by atoms with Crippen molar-refractivity contribution in [2.75, 3.05) is 18.4 Å². The summed E-state index contributed by atoms with van der Waals surface area (Å²) in [5, 5.41) is 6.52. The molecular weight excluding hydrogens is 250 g/mol. The van der Waals surface area contributed by atoms with Crippen LogP contribution in [0.15, 0.2) is 18.3 Å². The molecule has 0 saturated carbocycles. The second-order valence-corrected chi connectivity index (χ2v) is 4.68. The Hall–Kier alpha value is -1.82. The van der Waals surface area contributed by atoms with Crippen molar-refractivity contribution in [1.29, 1.82) is 0 Å². The SMILES string of the molecule is Fc1cc2ncc(NCC3CCCN3)nc2cc1F. The third-order valence-corrected chi connectivity index (χ3v) is 3.28. The van der Waals surface area contributed by atoms with E-state index in [1.54, 1.807) is 0 Å². The summed E-state index contributed by atoms with van der Waals surface area (Å²) in [6.07, 6.45) is 3.85. The predicted octanol–water partition coefficient (Wildman–Crippen LogP) is 2.07. The summed E-state index contributed by atoms with van der Waals surface area (Å²) in [4.78, 5) is 8.31. The summed E-state index contributed by atoms with van der Waals surface area (Å²) in [7, 11) is 0. The average Bonchev–Trinajstić information content (AvgIpc) is 2.91. The maximum Gasteiger partial charge on any atom is 0.161 e. The smallest absolute Gasteiger partial charge is 0.161 e. The van der Waals surface area contributed by atoms with E-state index in [4.69, 9.17) is 0 Å². The van der Waals surface area contributed by atoms with Crippen LogP contribution >= 0.6 is 0 Å². The molecule has 19 heavy (non-hydrogen) atoms. The highest BCUT2D eigenvalue weighted by molar-refractivity contribution is 5.75. The largest absolute Gasteiger partial charge is 0.367 e. The molecule has 1 saturated heterocycles. The van der Waals surface area contributed by atoms with Crippen molar-refractivity contribution in [1.82, 2.24) is 15.3 Å². The van der Waals surface area contributed by atoms with Crippen LogP contribution in [0, 0.1) is 11.6 Å². The number of hydrogen-bond donors (Lipinski definition) is 2. The van der Waals surface area contributed by atoms with Gasteiger partial charge >= 0.3 is 0 Å². The van der Waals surface area contributed by atoms with E-state index in [2.05, 4.69) is 20.6 Å². The molecule has 0 aliphatic carbocycles. The first-order chi connectivity index (χ1) is 9.22. The molecule has 0 radical (unpaired) electrons.